The van der Waals surface area contributed by atoms with Gasteiger partial charge in [-0.3, -0.25) is 4.99 Å². The first kappa shape index (κ1) is 19.9. The van der Waals surface area contributed by atoms with E-state index in [1.54, 1.807) is 14.2 Å². The van der Waals surface area contributed by atoms with Crippen molar-refractivity contribution in [2.45, 2.75) is 19.8 Å². The third kappa shape index (κ3) is 7.45. The van der Waals surface area contributed by atoms with Gasteiger partial charge in [0.2, 0.25) is 0 Å². The number of aliphatic imine (C=N–C) groups is 1. The standard InChI is InChI=1S/C14H21F2N3O.HI/c1-10-4-5-11(8-12(10)20-3)6-7-18-14(17-2)19-9-13(15)16;/h4-5,8,13H,6-7,9H2,1-3H3,(H2,17,18,19);1H. The monoisotopic (exact) mass is 413 g/mol. The van der Waals surface area contributed by atoms with Crippen LogP contribution in [0.5, 0.6) is 5.75 Å². The van der Waals surface area contributed by atoms with Crippen LogP contribution >= 0.6 is 24.0 Å². The number of halogens is 3. The molecule has 0 aliphatic carbocycles. The third-order valence-corrected chi connectivity index (χ3v) is 2.83. The van der Waals surface area contributed by atoms with Crippen LogP contribution in [-0.4, -0.2) is 39.6 Å². The number of benzene rings is 1. The number of alkyl halides is 2. The second-order valence-corrected chi connectivity index (χ2v) is 4.32. The molecule has 0 saturated heterocycles. The molecule has 0 spiro atoms. The summed E-state index contributed by atoms with van der Waals surface area (Å²) < 4.78 is 29.4. The van der Waals surface area contributed by atoms with E-state index in [4.69, 9.17) is 4.74 Å². The summed E-state index contributed by atoms with van der Waals surface area (Å²) in [5.74, 6) is 1.23. The molecule has 120 valence electrons. The van der Waals surface area contributed by atoms with Gasteiger partial charge in [0.05, 0.1) is 13.7 Å². The van der Waals surface area contributed by atoms with Crippen molar-refractivity contribution in [1.82, 2.24) is 10.6 Å². The molecule has 0 amide bonds. The lowest BCUT2D eigenvalue weighted by Gasteiger charge is -2.12. The number of methoxy groups -OCH3 is 1. The predicted octanol–water partition coefficient (Wildman–Crippen LogP) is 2.59. The Labute approximate surface area is 141 Å². The molecule has 2 N–H and O–H groups in total. The van der Waals surface area contributed by atoms with E-state index in [0.717, 1.165) is 23.3 Å². The fourth-order valence-corrected chi connectivity index (χ4v) is 1.74. The maximum absolute atomic E-state index is 12.1. The number of aryl methyl sites for hydroxylation is 1. The van der Waals surface area contributed by atoms with Gasteiger partial charge in [0, 0.05) is 13.6 Å². The molecule has 0 aromatic heterocycles. The number of ether oxygens (including phenoxy) is 1. The van der Waals surface area contributed by atoms with Crippen LogP contribution in [0.2, 0.25) is 0 Å². The van der Waals surface area contributed by atoms with Crippen LogP contribution in [0.3, 0.4) is 0 Å². The fraction of sp³-hybridized carbons (Fsp3) is 0.500. The molecule has 1 aromatic carbocycles. The van der Waals surface area contributed by atoms with Gasteiger partial charge < -0.3 is 15.4 Å². The smallest absolute Gasteiger partial charge is 0.255 e. The molecule has 0 heterocycles. The van der Waals surface area contributed by atoms with Gasteiger partial charge in [0.1, 0.15) is 5.75 Å². The summed E-state index contributed by atoms with van der Waals surface area (Å²) in [6, 6.07) is 6.00. The number of nitrogens with zero attached hydrogens (tertiary/aromatic N) is 1. The minimum Gasteiger partial charge on any atom is -0.496 e. The van der Waals surface area contributed by atoms with E-state index in [0.29, 0.717) is 12.5 Å². The lowest BCUT2D eigenvalue weighted by atomic mass is 10.1. The molecule has 0 aliphatic heterocycles. The second kappa shape index (κ2) is 10.6. The number of hydrogen-bond donors (Lipinski definition) is 2. The van der Waals surface area contributed by atoms with E-state index in [1.807, 2.05) is 25.1 Å². The fourth-order valence-electron chi connectivity index (χ4n) is 1.74. The van der Waals surface area contributed by atoms with Crippen LogP contribution in [0.4, 0.5) is 8.78 Å². The molecule has 0 atom stereocenters. The Kier molecular flexibility index (Phi) is 10.0. The highest BCUT2D eigenvalue weighted by Gasteiger charge is 2.04. The first-order valence-corrected chi connectivity index (χ1v) is 6.43. The van der Waals surface area contributed by atoms with Crippen LogP contribution in [0.25, 0.3) is 0 Å². The Hall–Kier alpha value is -1.12. The first-order valence-electron chi connectivity index (χ1n) is 6.43. The van der Waals surface area contributed by atoms with Gasteiger partial charge in [-0.2, -0.15) is 0 Å². The molecule has 0 saturated carbocycles. The largest absolute Gasteiger partial charge is 0.496 e. The molecule has 0 bridgehead atoms. The van der Waals surface area contributed by atoms with Crippen molar-refractivity contribution >= 4 is 29.9 Å². The van der Waals surface area contributed by atoms with E-state index in [1.165, 1.54) is 0 Å². The predicted molar refractivity (Wildman–Crippen MR) is 92.2 cm³/mol. The van der Waals surface area contributed by atoms with Crippen LogP contribution in [0.15, 0.2) is 23.2 Å². The summed E-state index contributed by atoms with van der Waals surface area (Å²) in [7, 11) is 3.19. The maximum Gasteiger partial charge on any atom is 0.255 e. The summed E-state index contributed by atoms with van der Waals surface area (Å²) in [5, 5.41) is 5.54. The normalized spacial score (nSPS) is 11.0. The molecule has 0 unspecified atom stereocenters. The van der Waals surface area contributed by atoms with E-state index < -0.39 is 13.0 Å². The van der Waals surface area contributed by atoms with Crippen molar-refractivity contribution in [2.24, 2.45) is 4.99 Å². The number of nitrogens with one attached hydrogen (secondary N) is 2. The molecule has 0 aliphatic rings. The zero-order valence-corrected chi connectivity index (χ0v) is 14.8. The number of guanidine groups is 1. The lowest BCUT2D eigenvalue weighted by Crippen LogP contribution is -2.40. The molecule has 1 aromatic rings. The Bertz CT molecular complexity index is 456. The third-order valence-electron chi connectivity index (χ3n) is 2.83. The van der Waals surface area contributed by atoms with Gasteiger partial charge in [0.15, 0.2) is 5.96 Å². The Morgan fingerprint density at radius 2 is 2.05 bits per heavy atom. The minimum absolute atomic E-state index is 0. The summed E-state index contributed by atoms with van der Waals surface area (Å²) in [6.45, 7) is 2.18. The molecule has 4 nitrogen and oxygen atoms in total. The number of rotatable bonds is 6. The average molecular weight is 413 g/mol. The topological polar surface area (TPSA) is 45.7 Å². The van der Waals surface area contributed by atoms with Gasteiger partial charge in [-0.15, -0.1) is 24.0 Å². The summed E-state index contributed by atoms with van der Waals surface area (Å²) >= 11 is 0. The van der Waals surface area contributed by atoms with E-state index in [2.05, 4.69) is 15.6 Å². The van der Waals surface area contributed by atoms with Crippen molar-refractivity contribution in [3.05, 3.63) is 29.3 Å². The molecule has 0 fully saturated rings. The average Bonchev–Trinajstić information content (AvgIpc) is 2.44. The van der Waals surface area contributed by atoms with E-state index in [9.17, 15) is 8.78 Å². The Morgan fingerprint density at radius 1 is 1.33 bits per heavy atom. The van der Waals surface area contributed by atoms with Gasteiger partial charge in [-0.1, -0.05) is 12.1 Å². The van der Waals surface area contributed by atoms with Gasteiger partial charge >= 0.3 is 0 Å². The molecular formula is C14H22F2IN3O. The van der Waals surface area contributed by atoms with Gasteiger partial charge in [-0.25, -0.2) is 8.78 Å². The van der Waals surface area contributed by atoms with Gasteiger partial charge in [0.25, 0.3) is 6.43 Å². The minimum atomic E-state index is -2.39. The molecular weight excluding hydrogens is 391 g/mol. The zero-order chi connectivity index (χ0) is 15.0. The first-order chi connectivity index (χ1) is 9.56. The molecule has 7 heteroatoms. The highest BCUT2D eigenvalue weighted by atomic mass is 127. The van der Waals surface area contributed by atoms with Crippen LogP contribution in [0.1, 0.15) is 11.1 Å². The quantitative estimate of drug-likeness (QED) is 0.428. The highest BCUT2D eigenvalue weighted by molar-refractivity contribution is 14.0. The summed E-state index contributed by atoms with van der Waals surface area (Å²) in [6.07, 6.45) is -1.64. The summed E-state index contributed by atoms with van der Waals surface area (Å²) in [4.78, 5) is 3.88. The van der Waals surface area contributed by atoms with E-state index >= 15 is 0 Å². The van der Waals surface area contributed by atoms with Crippen molar-refractivity contribution in [2.75, 3.05) is 27.2 Å². The molecule has 21 heavy (non-hydrogen) atoms. The van der Waals surface area contributed by atoms with Crippen LogP contribution < -0.4 is 15.4 Å². The summed E-state index contributed by atoms with van der Waals surface area (Å²) in [5.41, 5.74) is 2.20. The molecule has 1 rings (SSSR count). The van der Waals surface area contributed by atoms with Crippen molar-refractivity contribution < 1.29 is 13.5 Å². The van der Waals surface area contributed by atoms with Crippen LogP contribution in [0, 0.1) is 6.92 Å². The Balaban J connectivity index is 0.00000400. The number of hydrogen-bond acceptors (Lipinski definition) is 2. The second-order valence-electron chi connectivity index (χ2n) is 4.32. The lowest BCUT2D eigenvalue weighted by molar-refractivity contribution is 0.152. The zero-order valence-electron chi connectivity index (χ0n) is 12.5. The van der Waals surface area contributed by atoms with Crippen molar-refractivity contribution in [3.63, 3.8) is 0 Å². The maximum atomic E-state index is 12.1. The Morgan fingerprint density at radius 3 is 2.62 bits per heavy atom. The van der Waals surface area contributed by atoms with Crippen LogP contribution in [-0.2, 0) is 6.42 Å². The SMILES string of the molecule is CN=C(NCCc1ccc(C)c(OC)c1)NCC(F)F.I. The van der Waals surface area contributed by atoms with E-state index in [-0.39, 0.29) is 24.0 Å². The molecule has 0 radical (unpaired) electrons. The highest BCUT2D eigenvalue weighted by Crippen LogP contribution is 2.18. The van der Waals surface area contributed by atoms with Crippen molar-refractivity contribution in [3.8, 4) is 5.75 Å². The van der Waals surface area contributed by atoms with Crippen molar-refractivity contribution in [1.29, 1.82) is 0 Å². The van der Waals surface area contributed by atoms with Gasteiger partial charge in [-0.05, 0) is 30.5 Å².